The van der Waals surface area contributed by atoms with Crippen molar-refractivity contribution in [1.29, 1.82) is 0 Å². The second-order valence-corrected chi connectivity index (χ2v) is 6.38. The Balaban J connectivity index is 1.59. The van der Waals surface area contributed by atoms with Gasteiger partial charge in [0.1, 0.15) is 12.4 Å². The van der Waals surface area contributed by atoms with Gasteiger partial charge in [0.05, 0.1) is 18.2 Å². The van der Waals surface area contributed by atoms with Crippen molar-refractivity contribution in [2.75, 3.05) is 52.5 Å². The molecule has 0 aliphatic carbocycles. The Labute approximate surface area is 149 Å². The molecule has 0 radical (unpaired) electrons. The third-order valence-electron chi connectivity index (χ3n) is 4.08. The third kappa shape index (κ3) is 6.67. The van der Waals surface area contributed by atoms with Crippen molar-refractivity contribution in [3.63, 3.8) is 0 Å². The number of ether oxygens (including phenoxy) is 2. The normalized spacial score (nSPS) is 16.1. The topological polar surface area (TPSA) is 42.0 Å². The highest BCUT2D eigenvalue weighted by Gasteiger charge is 2.19. The summed E-state index contributed by atoms with van der Waals surface area (Å²) in [6.45, 7) is 8.14. The van der Waals surface area contributed by atoms with Gasteiger partial charge in [-0.25, -0.2) is 0 Å². The van der Waals surface area contributed by atoms with Crippen molar-refractivity contribution in [3.8, 4) is 5.75 Å². The number of esters is 1. The molecule has 5 nitrogen and oxygen atoms in total. The molecule has 0 atom stereocenters. The quantitative estimate of drug-likeness (QED) is 0.504. The number of para-hydroxylation sites is 1. The van der Waals surface area contributed by atoms with E-state index >= 15 is 0 Å². The van der Waals surface area contributed by atoms with Gasteiger partial charge in [-0.2, -0.15) is 0 Å². The van der Waals surface area contributed by atoms with Crippen LogP contribution in [0.2, 0.25) is 5.02 Å². The standard InChI is InChI=1S/C18H27ClN2O3/c1-2-3-13-24-18(22)15-21-10-8-20(9-11-21)12-14-23-17-7-5-4-6-16(17)19/h4-7H,2-3,8-15H2,1H3. The summed E-state index contributed by atoms with van der Waals surface area (Å²) in [5.74, 6) is 0.617. The van der Waals surface area contributed by atoms with Crippen molar-refractivity contribution in [2.24, 2.45) is 0 Å². The number of rotatable bonds is 9. The van der Waals surface area contributed by atoms with E-state index in [1.165, 1.54) is 0 Å². The average Bonchev–Trinajstić information content (AvgIpc) is 2.58. The van der Waals surface area contributed by atoms with E-state index in [-0.39, 0.29) is 5.97 Å². The number of halogens is 1. The van der Waals surface area contributed by atoms with Gasteiger partial charge in [0.15, 0.2) is 0 Å². The fourth-order valence-electron chi connectivity index (χ4n) is 2.58. The first-order valence-corrected chi connectivity index (χ1v) is 9.04. The maximum atomic E-state index is 11.7. The number of piperazine rings is 1. The number of nitrogens with zero attached hydrogens (tertiary/aromatic N) is 2. The SMILES string of the molecule is CCCCOC(=O)CN1CCN(CCOc2ccccc2Cl)CC1. The first kappa shape index (κ1) is 19.0. The van der Waals surface area contributed by atoms with Crippen molar-refractivity contribution in [1.82, 2.24) is 9.80 Å². The minimum Gasteiger partial charge on any atom is -0.491 e. The molecule has 1 fully saturated rings. The molecule has 0 spiro atoms. The second kappa shape index (κ2) is 10.5. The number of hydrogen-bond acceptors (Lipinski definition) is 5. The molecule has 6 heteroatoms. The number of carbonyl (C=O) groups is 1. The lowest BCUT2D eigenvalue weighted by molar-refractivity contribution is -0.145. The zero-order chi connectivity index (χ0) is 17.2. The molecule has 1 aliphatic rings. The van der Waals surface area contributed by atoms with Crippen LogP contribution in [0.5, 0.6) is 5.75 Å². The van der Waals surface area contributed by atoms with Crippen LogP contribution in [0.4, 0.5) is 0 Å². The molecular formula is C18H27ClN2O3. The number of unbranched alkanes of at least 4 members (excludes halogenated alkanes) is 1. The zero-order valence-corrected chi connectivity index (χ0v) is 15.1. The molecule has 1 aromatic rings. The van der Waals surface area contributed by atoms with Crippen LogP contribution in [-0.4, -0.2) is 68.3 Å². The Kier molecular flexibility index (Phi) is 8.36. The van der Waals surface area contributed by atoms with Crippen LogP contribution < -0.4 is 4.74 Å². The molecule has 1 aromatic carbocycles. The summed E-state index contributed by atoms with van der Waals surface area (Å²) in [5, 5.41) is 0.643. The van der Waals surface area contributed by atoms with E-state index in [0.717, 1.165) is 51.3 Å². The van der Waals surface area contributed by atoms with Crippen molar-refractivity contribution in [3.05, 3.63) is 29.3 Å². The van der Waals surface area contributed by atoms with Gasteiger partial charge in [-0.1, -0.05) is 37.1 Å². The highest BCUT2D eigenvalue weighted by atomic mass is 35.5. The third-order valence-corrected chi connectivity index (χ3v) is 4.39. The first-order chi connectivity index (χ1) is 11.7. The van der Waals surface area contributed by atoms with Crippen LogP contribution in [-0.2, 0) is 9.53 Å². The maximum Gasteiger partial charge on any atom is 0.320 e. The molecule has 1 heterocycles. The lowest BCUT2D eigenvalue weighted by Crippen LogP contribution is -2.49. The van der Waals surface area contributed by atoms with Crippen molar-refractivity contribution in [2.45, 2.75) is 19.8 Å². The lowest BCUT2D eigenvalue weighted by Gasteiger charge is -2.33. The molecule has 0 N–H and O–H groups in total. The number of hydrogen-bond donors (Lipinski definition) is 0. The van der Waals surface area contributed by atoms with Crippen molar-refractivity contribution < 1.29 is 14.3 Å². The van der Waals surface area contributed by atoms with Gasteiger partial charge in [-0.05, 0) is 18.6 Å². The monoisotopic (exact) mass is 354 g/mol. The molecule has 0 bridgehead atoms. The summed E-state index contributed by atoms with van der Waals surface area (Å²) in [5.41, 5.74) is 0. The molecular weight excluding hydrogens is 328 g/mol. The summed E-state index contributed by atoms with van der Waals surface area (Å²) in [6.07, 6.45) is 1.98. The van der Waals surface area contributed by atoms with Gasteiger partial charge >= 0.3 is 5.97 Å². The Bertz CT molecular complexity index is 505. The highest BCUT2D eigenvalue weighted by molar-refractivity contribution is 6.32. The smallest absolute Gasteiger partial charge is 0.320 e. The lowest BCUT2D eigenvalue weighted by atomic mass is 10.3. The van der Waals surface area contributed by atoms with Crippen molar-refractivity contribution >= 4 is 17.6 Å². The summed E-state index contributed by atoms with van der Waals surface area (Å²) in [6, 6.07) is 7.51. The minimum absolute atomic E-state index is 0.112. The van der Waals surface area contributed by atoms with Gasteiger partial charge in [0.25, 0.3) is 0 Å². The molecule has 0 amide bonds. The zero-order valence-electron chi connectivity index (χ0n) is 14.4. The van der Waals surface area contributed by atoms with E-state index < -0.39 is 0 Å². The van der Waals surface area contributed by atoms with Crippen LogP contribution in [0.25, 0.3) is 0 Å². The van der Waals surface area contributed by atoms with Gasteiger partial charge in [0.2, 0.25) is 0 Å². The van der Waals surface area contributed by atoms with E-state index in [0.29, 0.717) is 24.8 Å². The minimum atomic E-state index is -0.112. The van der Waals surface area contributed by atoms with E-state index in [9.17, 15) is 4.79 Å². The molecule has 2 rings (SSSR count). The van der Waals surface area contributed by atoms with Crippen LogP contribution in [0, 0.1) is 0 Å². The fourth-order valence-corrected chi connectivity index (χ4v) is 2.77. The molecule has 0 unspecified atom stereocenters. The maximum absolute atomic E-state index is 11.7. The summed E-state index contributed by atoms with van der Waals surface area (Å²) < 4.78 is 10.9. The summed E-state index contributed by atoms with van der Waals surface area (Å²) >= 11 is 6.07. The average molecular weight is 355 g/mol. The van der Waals surface area contributed by atoms with Gasteiger partial charge < -0.3 is 9.47 Å². The molecule has 0 saturated carbocycles. The molecule has 24 heavy (non-hydrogen) atoms. The van der Waals surface area contributed by atoms with Gasteiger partial charge in [-0.3, -0.25) is 14.6 Å². The number of benzene rings is 1. The second-order valence-electron chi connectivity index (χ2n) is 5.97. The Morgan fingerprint density at radius 1 is 1.12 bits per heavy atom. The predicted octanol–water partition coefficient (Wildman–Crippen LogP) is 2.68. The van der Waals surface area contributed by atoms with E-state index in [1.54, 1.807) is 0 Å². The highest BCUT2D eigenvalue weighted by Crippen LogP contribution is 2.22. The van der Waals surface area contributed by atoms with Crippen LogP contribution in [0.3, 0.4) is 0 Å². The molecule has 1 saturated heterocycles. The molecule has 1 aliphatic heterocycles. The number of carbonyl (C=O) groups excluding carboxylic acids is 1. The molecule has 134 valence electrons. The van der Waals surface area contributed by atoms with Crippen LogP contribution in [0.15, 0.2) is 24.3 Å². The predicted molar refractivity (Wildman–Crippen MR) is 95.7 cm³/mol. The summed E-state index contributed by atoms with van der Waals surface area (Å²) in [7, 11) is 0. The fraction of sp³-hybridized carbons (Fsp3) is 0.611. The first-order valence-electron chi connectivity index (χ1n) is 8.66. The Hall–Kier alpha value is -1.30. The largest absolute Gasteiger partial charge is 0.491 e. The summed E-state index contributed by atoms with van der Waals surface area (Å²) in [4.78, 5) is 16.2. The van der Waals surface area contributed by atoms with Gasteiger partial charge in [0, 0.05) is 32.7 Å². The van der Waals surface area contributed by atoms with Crippen LogP contribution >= 0.6 is 11.6 Å². The van der Waals surface area contributed by atoms with Crippen LogP contribution in [0.1, 0.15) is 19.8 Å². The van der Waals surface area contributed by atoms with E-state index in [1.807, 2.05) is 24.3 Å². The van der Waals surface area contributed by atoms with Gasteiger partial charge in [-0.15, -0.1) is 0 Å². The van der Waals surface area contributed by atoms with E-state index in [4.69, 9.17) is 21.1 Å². The van der Waals surface area contributed by atoms with E-state index in [2.05, 4.69) is 16.7 Å². The Morgan fingerprint density at radius 3 is 2.54 bits per heavy atom. The Morgan fingerprint density at radius 2 is 1.83 bits per heavy atom. The molecule has 0 aromatic heterocycles.